The Labute approximate surface area is 188 Å². The van der Waals surface area contributed by atoms with Gasteiger partial charge in [0.2, 0.25) is 11.7 Å². The molecule has 178 valence electrons. The second kappa shape index (κ2) is 9.18. The zero-order chi connectivity index (χ0) is 22.9. The van der Waals surface area contributed by atoms with Crippen molar-refractivity contribution in [1.29, 1.82) is 0 Å². The Morgan fingerprint density at radius 1 is 1.16 bits per heavy atom. The first-order chi connectivity index (χ1) is 15.1. The van der Waals surface area contributed by atoms with E-state index in [2.05, 4.69) is 29.1 Å². The van der Waals surface area contributed by atoms with Gasteiger partial charge in [0, 0.05) is 37.2 Å². The van der Waals surface area contributed by atoms with Crippen molar-refractivity contribution in [2.45, 2.75) is 83.9 Å². The van der Waals surface area contributed by atoms with E-state index in [0.717, 1.165) is 18.5 Å². The van der Waals surface area contributed by atoms with Crippen LogP contribution in [0.1, 0.15) is 77.5 Å². The summed E-state index contributed by atoms with van der Waals surface area (Å²) >= 11 is 0. The zero-order valence-electron chi connectivity index (χ0n) is 19.1. The summed E-state index contributed by atoms with van der Waals surface area (Å²) in [4.78, 5) is 21.9. The highest BCUT2D eigenvalue weighted by molar-refractivity contribution is 5.76. The fourth-order valence-corrected chi connectivity index (χ4v) is 6.30. The minimum atomic E-state index is -4.56. The van der Waals surface area contributed by atoms with Crippen LogP contribution in [0.4, 0.5) is 19.0 Å². The molecule has 1 aromatic heterocycles. The average Bonchev–Trinajstić information content (AvgIpc) is 2.75. The summed E-state index contributed by atoms with van der Waals surface area (Å²) in [6.07, 6.45) is 6.84. The molecule has 0 spiro atoms. The summed E-state index contributed by atoms with van der Waals surface area (Å²) in [5.74, 6) is 1.32. The number of carbonyl (C=O) groups excluding carboxylic acids is 1. The molecule has 3 fully saturated rings. The van der Waals surface area contributed by atoms with Gasteiger partial charge in [-0.3, -0.25) is 4.79 Å². The van der Waals surface area contributed by atoms with Gasteiger partial charge in [0.05, 0.1) is 0 Å². The highest BCUT2D eigenvalue weighted by atomic mass is 19.4. The molecule has 0 aromatic carbocycles. The Morgan fingerprint density at radius 2 is 1.91 bits per heavy atom. The fraction of sp³-hybridized carbons (Fsp3) is 0.792. The minimum absolute atomic E-state index is 0.000849. The highest BCUT2D eigenvalue weighted by Gasteiger charge is 2.40. The highest BCUT2D eigenvalue weighted by Crippen LogP contribution is 2.45. The van der Waals surface area contributed by atoms with E-state index >= 15 is 0 Å². The van der Waals surface area contributed by atoms with Gasteiger partial charge in [0.15, 0.2) is 0 Å². The lowest BCUT2D eigenvalue weighted by Gasteiger charge is -2.45. The quantitative estimate of drug-likeness (QED) is 0.681. The number of hydrogen-bond donors (Lipinski definition) is 1. The van der Waals surface area contributed by atoms with E-state index in [9.17, 15) is 18.0 Å². The van der Waals surface area contributed by atoms with Gasteiger partial charge in [-0.1, -0.05) is 46.0 Å². The Morgan fingerprint density at radius 3 is 2.66 bits per heavy atom. The molecule has 4 unspecified atom stereocenters. The van der Waals surface area contributed by atoms with Crippen molar-refractivity contribution in [3.8, 4) is 0 Å². The van der Waals surface area contributed by atoms with Gasteiger partial charge in [0.1, 0.15) is 5.82 Å². The smallest absolute Gasteiger partial charge is 0.356 e. The lowest BCUT2D eigenvalue weighted by molar-refractivity contribution is -0.144. The van der Waals surface area contributed by atoms with Gasteiger partial charge in [0.25, 0.3) is 0 Å². The molecular weight excluding hydrogens is 417 g/mol. The van der Waals surface area contributed by atoms with Gasteiger partial charge >= 0.3 is 6.18 Å². The molecule has 2 saturated carbocycles. The van der Waals surface area contributed by atoms with Crippen molar-refractivity contribution in [3.63, 3.8) is 0 Å². The molecule has 1 saturated heterocycles. The van der Waals surface area contributed by atoms with Crippen LogP contribution < -0.4 is 10.2 Å². The second-order valence-corrected chi connectivity index (χ2v) is 10.7. The zero-order valence-corrected chi connectivity index (χ0v) is 19.1. The molecular formula is C24H35F3N4O. The second-order valence-electron chi connectivity index (χ2n) is 10.7. The first kappa shape index (κ1) is 23.3. The maximum absolute atomic E-state index is 13.0. The number of nitrogens with zero attached hydrogens (tertiary/aromatic N) is 3. The molecule has 4 rings (SSSR count). The maximum Gasteiger partial charge on any atom is 0.451 e. The molecule has 32 heavy (non-hydrogen) atoms. The SMILES string of the molecule is CC1(C)CN(c2ccnc(C(F)(F)F)n2)CCC1NC(=O)CC1CCCC2CCCCC21. The van der Waals surface area contributed by atoms with Crippen LogP contribution >= 0.6 is 0 Å². The average molecular weight is 453 g/mol. The van der Waals surface area contributed by atoms with Gasteiger partial charge in [-0.25, -0.2) is 9.97 Å². The molecule has 2 heterocycles. The molecule has 3 aliphatic rings. The summed E-state index contributed by atoms with van der Waals surface area (Å²) in [7, 11) is 0. The number of anilines is 1. The van der Waals surface area contributed by atoms with Crippen LogP contribution in [-0.4, -0.2) is 35.0 Å². The lowest BCUT2D eigenvalue weighted by atomic mass is 9.64. The first-order valence-corrected chi connectivity index (χ1v) is 12.1. The number of carbonyl (C=O) groups is 1. The van der Waals surface area contributed by atoms with Crippen LogP contribution in [0, 0.1) is 23.2 Å². The van der Waals surface area contributed by atoms with Crippen molar-refractivity contribution in [1.82, 2.24) is 15.3 Å². The van der Waals surface area contributed by atoms with Gasteiger partial charge in [-0.2, -0.15) is 13.2 Å². The molecule has 1 aromatic rings. The number of amides is 1. The van der Waals surface area contributed by atoms with Crippen LogP contribution in [0.5, 0.6) is 0 Å². The number of nitrogens with one attached hydrogen (secondary N) is 1. The topological polar surface area (TPSA) is 58.1 Å². The van der Waals surface area contributed by atoms with Gasteiger partial charge in [-0.15, -0.1) is 0 Å². The van der Waals surface area contributed by atoms with E-state index in [-0.39, 0.29) is 23.2 Å². The van der Waals surface area contributed by atoms with E-state index in [1.807, 2.05) is 4.90 Å². The largest absolute Gasteiger partial charge is 0.451 e. The lowest BCUT2D eigenvalue weighted by Crippen LogP contribution is -2.56. The molecule has 1 N–H and O–H groups in total. The van der Waals surface area contributed by atoms with Crippen LogP contribution in [0.3, 0.4) is 0 Å². The third-order valence-corrected chi connectivity index (χ3v) is 7.95. The summed E-state index contributed by atoms with van der Waals surface area (Å²) in [6, 6.07) is 1.52. The maximum atomic E-state index is 13.0. The summed E-state index contributed by atoms with van der Waals surface area (Å²) in [5.41, 5.74) is -0.281. The Bertz CT molecular complexity index is 811. The number of halogens is 3. The third kappa shape index (κ3) is 5.20. The van der Waals surface area contributed by atoms with Crippen LogP contribution in [0.25, 0.3) is 0 Å². The van der Waals surface area contributed by atoms with E-state index in [0.29, 0.717) is 37.8 Å². The van der Waals surface area contributed by atoms with Crippen molar-refractivity contribution in [2.24, 2.45) is 23.2 Å². The van der Waals surface area contributed by atoms with Gasteiger partial charge < -0.3 is 10.2 Å². The van der Waals surface area contributed by atoms with E-state index in [1.165, 1.54) is 44.6 Å². The van der Waals surface area contributed by atoms with Crippen molar-refractivity contribution in [2.75, 3.05) is 18.0 Å². The molecule has 0 radical (unpaired) electrons. The molecule has 2 aliphatic carbocycles. The summed E-state index contributed by atoms with van der Waals surface area (Å²) in [5, 5.41) is 3.28. The third-order valence-electron chi connectivity index (χ3n) is 7.95. The molecule has 8 heteroatoms. The van der Waals surface area contributed by atoms with E-state index in [1.54, 1.807) is 0 Å². The number of rotatable bonds is 4. The molecule has 5 nitrogen and oxygen atoms in total. The van der Waals surface area contributed by atoms with Gasteiger partial charge in [-0.05, 0) is 43.1 Å². The van der Waals surface area contributed by atoms with Crippen LogP contribution in [0.2, 0.25) is 0 Å². The normalized spacial score (nSPS) is 30.5. The summed E-state index contributed by atoms with van der Waals surface area (Å²) in [6.45, 7) is 5.21. The number of hydrogen-bond acceptors (Lipinski definition) is 4. The fourth-order valence-electron chi connectivity index (χ4n) is 6.30. The van der Waals surface area contributed by atoms with Crippen molar-refractivity contribution >= 4 is 11.7 Å². The molecule has 1 amide bonds. The number of fused-ring (bicyclic) bond motifs is 1. The van der Waals surface area contributed by atoms with E-state index in [4.69, 9.17) is 0 Å². The Hall–Kier alpha value is -1.86. The van der Waals surface area contributed by atoms with Crippen molar-refractivity contribution in [3.05, 3.63) is 18.1 Å². The monoisotopic (exact) mass is 452 g/mol. The standard InChI is InChI=1S/C24H35F3N4O/c1-23(2)15-31(20-10-12-28-22(30-20)24(25,26)27)13-11-19(23)29-21(32)14-17-8-5-7-16-6-3-4-9-18(16)17/h10,12,16-19H,3-9,11,13-15H2,1-2H3,(H,29,32). The minimum Gasteiger partial charge on any atom is -0.356 e. The number of alkyl halides is 3. The van der Waals surface area contributed by atoms with E-state index < -0.39 is 12.0 Å². The number of piperidine rings is 1. The predicted molar refractivity (Wildman–Crippen MR) is 117 cm³/mol. The molecule has 1 aliphatic heterocycles. The predicted octanol–water partition coefficient (Wildman–Crippen LogP) is 5.21. The Balaban J connectivity index is 1.35. The van der Waals surface area contributed by atoms with Crippen LogP contribution in [-0.2, 0) is 11.0 Å². The summed E-state index contributed by atoms with van der Waals surface area (Å²) < 4.78 is 39.0. The molecule has 4 atom stereocenters. The Kier molecular flexibility index (Phi) is 6.68. The number of aromatic nitrogens is 2. The first-order valence-electron chi connectivity index (χ1n) is 12.1. The van der Waals surface area contributed by atoms with Crippen LogP contribution in [0.15, 0.2) is 12.3 Å². The molecule has 0 bridgehead atoms. The van der Waals surface area contributed by atoms with Crippen molar-refractivity contribution < 1.29 is 18.0 Å².